The van der Waals surface area contributed by atoms with Crippen LogP contribution < -0.4 is 10.6 Å². The fourth-order valence-electron chi connectivity index (χ4n) is 2.67. The van der Waals surface area contributed by atoms with Gasteiger partial charge in [0.05, 0.1) is 0 Å². The second-order valence-electron chi connectivity index (χ2n) is 6.69. The van der Waals surface area contributed by atoms with Crippen molar-refractivity contribution in [2.75, 3.05) is 19.7 Å². The van der Waals surface area contributed by atoms with E-state index in [0.29, 0.717) is 17.7 Å². The largest absolute Gasteiger partial charge is 0.454 e. The van der Waals surface area contributed by atoms with Crippen LogP contribution in [0.2, 0.25) is 0 Å². The lowest BCUT2D eigenvalue weighted by atomic mass is 9.93. The normalized spacial score (nSPS) is 19.1. The van der Waals surface area contributed by atoms with E-state index in [1.54, 1.807) is 0 Å². The quantitative estimate of drug-likeness (QED) is 0.490. The highest BCUT2D eigenvalue weighted by Gasteiger charge is 2.48. The van der Waals surface area contributed by atoms with Crippen LogP contribution in [-0.4, -0.2) is 60.1 Å². The van der Waals surface area contributed by atoms with E-state index in [2.05, 4.69) is 10.1 Å². The van der Waals surface area contributed by atoms with Crippen molar-refractivity contribution in [3.05, 3.63) is 35.9 Å². The third-order valence-electron chi connectivity index (χ3n) is 4.24. The van der Waals surface area contributed by atoms with Gasteiger partial charge in [0, 0.05) is 0 Å². The highest BCUT2D eigenvalue weighted by molar-refractivity contribution is 6.08. The van der Waals surface area contributed by atoms with E-state index >= 15 is 0 Å². The summed E-state index contributed by atoms with van der Waals surface area (Å²) in [6, 6.07) is 8.52. The van der Waals surface area contributed by atoms with Gasteiger partial charge in [-0.1, -0.05) is 30.3 Å². The summed E-state index contributed by atoms with van der Waals surface area (Å²) < 4.78 is 40.5. The molecule has 8 nitrogen and oxygen atoms in total. The van der Waals surface area contributed by atoms with Crippen molar-refractivity contribution in [1.29, 1.82) is 0 Å². The van der Waals surface area contributed by atoms with E-state index in [-0.39, 0.29) is 0 Å². The number of esters is 1. The number of amides is 4. The predicted octanol–water partition coefficient (Wildman–Crippen LogP) is 1.15. The molecule has 1 aliphatic heterocycles. The molecule has 2 rings (SSSR count). The Bertz CT molecular complexity index is 785. The highest BCUT2D eigenvalue weighted by Crippen LogP contribution is 2.23. The van der Waals surface area contributed by atoms with E-state index < -0.39 is 55.2 Å². The maximum absolute atomic E-state index is 12.6. The van der Waals surface area contributed by atoms with Gasteiger partial charge in [0.1, 0.15) is 18.6 Å². The monoisotopic (exact) mass is 415 g/mol. The number of nitrogens with one attached hydrogen (secondary N) is 2. The zero-order valence-electron chi connectivity index (χ0n) is 15.5. The molecule has 1 aromatic carbocycles. The van der Waals surface area contributed by atoms with Gasteiger partial charge in [-0.2, -0.15) is 13.2 Å². The number of rotatable bonds is 8. The average molecular weight is 415 g/mol. The van der Waals surface area contributed by atoms with Gasteiger partial charge in [0.15, 0.2) is 6.61 Å². The van der Waals surface area contributed by atoms with Crippen molar-refractivity contribution in [2.24, 2.45) is 0 Å². The predicted molar refractivity (Wildman–Crippen MR) is 93.4 cm³/mol. The van der Waals surface area contributed by atoms with Crippen LogP contribution in [-0.2, 0) is 25.5 Å². The van der Waals surface area contributed by atoms with Crippen LogP contribution in [0.1, 0.15) is 18.9 Å². The molecule has 1 aliphatic rings. The fraction of sp³-hybridized carbons (Fsp3) is 0.444. The number of alkyl halides is 3. The number of aryl methyl sites for hydroxylation is 1. The zero-order chi connectivity index (χ0) is 21.7. The summed E-state index contributed by atoms with van der Waals surface area (Å²) in [5.74, 6) is -2.87. The zero-order valence-corrected chi connectivity index (χ0v) is 15.5. The molecule has 0 unspecified atom stereocenters. The molecule has 0 spiro atoms. The number of carbonyl (C=O) groups excluding carboxylic acids is 4. The Labute approximate surface area is 164 Å². The number of hydrogen-bond acceptors (Lipinski definition) is 5. The van der Waals surface area contributed by atoms with Gasteiger partial charge in [0.2, 0.25) is 0 Å². The molecule has 0 saturated carbocycles. The minimum Gasteiger partial charge on any atom is -0.454 e. The van der Waals surface area contributed by atoms with Crippen molar-refractivity contribution in [3.63, 3.8) is 0 Å². The average Bonchev–Trinajstić information content (AvgIpc) is 2.87. The molecule has 0 bridgehead atoms. The maximum atomic E-state index is 12.6. The number of carbonyl (C=O) groups is 4. The topological polar surface area (TPSA) is 105 Å². The summed E-state index contributed by atoms with van der Waals surface area (Å²) in [6.45, 7) is -1.73. The van der Waals surface area contributed by atoms with Crippen LogP contribution in [0.4, 0.5) is 18.0 Å². The Balaban J connectivity index is 1.84. The standard InChI is InChI=1S/C18H20F3N3O5/c1-17(8-7-12-5-3-2-4-6-12)15(27)24(16(28)23-17)9-14(26)29-10-13(25)22-11-18(19,20)21/h2-6H,7-11H2,1H3,(H,22,25)(H,23,28)/t17-/m0/s1. The van der Waals surface area contributed by atoms with E-state index in [9.17, 15) is 32.3 Å². The summed E-state index contributed by atoms with van der Waals surface area (Å²) >= 11 is 0. The Morgan fingerprint density at radius 3 is 2.48 bits per heavy atom. The molecule has 1 aromatic rings. The molecule has 158 valence electrons. The summed E-state index contributed by atoms with van der Waals surface area (Å²) in [7, 11) is 0. The number of hydrogen-bond donors (Lipinski definition) is 2. The van der Waals surface area contributed by atoms with Gasteiger partial charge in [-0.15, -0.1) is 0 Å². The van der Waals surface area contributed by atoms with Gasteiger partial charge in [-0.05, 0) is 25.3 Å². The summed E-state index contributed by atoms with van der Waals surface area (Å²) in [5, 5.41) is 4.07. The first-order chi connectivity index (χ1) is 13.5. The number of nitrogens with zero attached hydrogens (tertiary/aromatic N) is 1. The van der Waals surface area contributed by atoms with Crippen molar-refractivity contribution in [1.82, 2.24) is 15.5 Å². The van der Waals surface area contributed by atoms with Crippen molar-refractivity contribution >= 4 is 23.8 Å². The van der Waals surface area contributed by atoms with Gasteiger partial charge in [0.25, 0.3) is 11.8 Å². The van der Waals surface area contributed by atoms with Crippen LogP contribution in [0, 0.1) is 0 Å². The molecular formula is C18H20F3N3O5. The molecule has 29 heavy (non-hydrogen) atoms. The lowest BCUT2D eigenvalue weighted by molar-refractivity contribution is -0.153. The Kier molecular flexibility index (Phi) is 6.83. The SMILES string of the molecule is C[C@@]1(CCc2ccccc2)NC(=O)N(CC(=O)OCC(=O)NCC(F)(F)F)C1=O. The van der Waals surface area contributed by atoms with Gasteiger partial charge < -0.3 is 15.4 Å². The van der Waals surface area contributed by atoms with Crippen LogP contribution in [0.25, 0.3) is 0 Å². The van der Waals surface area contributed by atoms with Gasteiger partial charge in [-0.25, -0.2) is 4.79 Å². The third-order valence-corrected chi connectivity index (χ3v) is 4.24. The molecule has 4 amide bonds. The fourth-order valence-corrected chi connectivity index (χ4v) is 2.67. The number of halogens is 3. The first-order valence-electron chi connectivity index (χ1n) is 8.67. The van der Waals surface area contributed by atoms with Crippen LogP contribution in [0.3, 0.4) is 0 Å². The minimum atomic E-state index is -4.59. The Hall–Kier alpha value is -3.11. The lowest BCUT2D eigenvalue weighted by Crippen LogP contribution is -2.45. The van der Waals surface area contributed by atoms with Crippen LogP contribution in [0.15, 0.2) is 30.3 Å². The molecule has 1 fully saturated rings. The Morgan fingerprint density at radius 1 is 1.21 bits per heavy atom. The first-order valence-corrected chi connectivity index (χ1v) is 8.67. The summed E-state index contributed by atoms with van der Waals surface area (Å²) in [6.07, 6.45) is -3.78. The third kappa shape index (κ3) is 6.47. The number of ether oxygens (including phenoxy) is 1. The van der Waals surface area contributed by atoms with E-state index in [4.69, 9.17) is 0 Å². The number of benzene rings is 1. The molecule has 0 radical (unpaired) electrons. The summed E-state index contributed by atoms with van der Waals surface area (Å²) in [5.41, 5.74) is -0.240. The molecular weight excluding hydrogens is 395 g/mol. The minimum absolute atomic E-state index is 0.299. The lowest BCUT2D eigenvalue weighted by Gasteiger charge is -2.21. The number of urea groups is 1. The van der Waals surface area contributed by atoms with Gasteiger partial charge in [-0.3, -0.25) is 19.3 Å². The molecule has 1 saturated heterocycles. The van der Waals surface area contributed by atoms with Crippen LogP contribution in [0.5, 0.6) is 0 Å². The highest BCUT2D eigenvalue weighted by atomic mass is 19.4. The molecule has 0 aliphatic carbocycles. The molecule has 1 heterocycles. The van der Waals surface area contributed by atoms with E-state index in [0.717, 1.165) is 5.56 Å². The van der Waals surface area contributed by atoms with Crippen molar-refractivity contribution in [3.8, 4) is 0 Å². The Morgan fingerprint density at radius 2 is 1.86 bits per heavy atom. The van der Waals surface area contributed by atoms with Crippen LogP contribution >= 0.6 is 0 Å². The second kappa shape index (κ2) is 8.93. The summed E-state index contributed by atoms with van der Waals surface area (Å²) in [4.78, 5) is 48.3. The van der Waals surface area contributed by atoms with Crippen molar-refractivity contribution in [2.45, 2.75) is 31.5 Å². The molecule has 2 N–H and O–H groups in total. The van der Waals surface area contributed by atoms with Crippen molar-refractivity contribution < 1.29 is 37.1 Å². The first kappa shape index (κ1) is 22.2. The molecule has 0 aromatic heterocycles. The molecule has 11 heteroatoms. The maximum Gasteiger partial charge on any atom is 0.405 e. The number of imide groups is 1. The second-order valence-corrected chi connectivity index (χ2v) is 6.69. The van der Waals surface area contributed by atoms with E-state index in [1.807, 2.05) is 30.3 Å². The smallest absolute Gasteiger partial charge is 0.405 e. The molecule has 1 atom stereocenters. The van der Waals surface area contributed by atoms with Gasteiger partial charge >= 0.3 is 18.2 Å². The van der Waals surface area contributed by atoms with E-state index in [1.165, 1.54) is 12.2 Å².